The van der Waals surface area contributed by atoms with Gasteiger partial charge in [-0.3, -0.25) is 4.79 Å². The Morgan fingerprint density at radius 2 is 2.43 bits per heavy atom. The van der Waals surface area contributed by atoms with Gasteiger partial charge >= 0.3 is 0 Å². The number of thioether (sulfide) groups is 1. The number of amides is 1. The maximum absolute atomic E-state index is 11.8. The summed E-state index contributed by atoms with van der Waals surface area (Å²) in [6.45, 7) is 3.17. The molecular formula is C14H18N4O3S2. The van der Waals surface area contributed by atoms with Gasteiger partial charge in [0, 0.05) is 30.6 Å². The summed E-state index contributed by atoms with van der Waals surface area (Å²) in [7, 11) is 0. The van der Waals surface area contributed by atoms with Crippen LogP contribution in [-0.4, -0.2) is 39.9 Å². The van der Waals surface area contributed by atoms with Crippen LogP contribution in [0.2, 0.25) is 0 Å². The number of thiazole rings is 1. The molecule has 0 aliphatic carbocycles. The molecule has 2 aromatic rings. The van der Waals surface area contributed by atoms with Crippen LogP contribution >= 0.6 is 23.1 Å². The predicted molar refractivity (Wildman–Crippen MR) is 86.5 cm³/mol. The molecular weight excluding hydrogens is 336 g/mol. The highest BCUT2D eigenvalue weighted by molar-refractivity contribution is 8.01. The average Bonchev–Trinajstić information content (AvgIpc) is 3.26. The summed E-state index contributed by atoms with van der Waals surface area (Å²) >= 11 is 3.00. The second-order valence-electron chi connectivity index (χ2n) is 5.19. The molecule has 9 heteroatoms. The number of hydrogen-bond acceptors (Lipinski definition) is 8. The van der Waals surface area contributed by atoms with Crippen LogP contribution in [0.15, 0.2) is 14.2 Å². The first-order valence-electron chi connectivity index (χ1n) is 7.46. The van der Waals surface area contributed by atoms with E-state index in [-0.39, 0.29) is 12.0 Å². The van der Waals surface area contributed by atoms with Gasteiger partial charge < -0.3 is 14.6 Å². The van der Waals surface area contributed by atoms with E-state index < -0.39 is 0 Å². The molecule has 2 aromatic heterocycles. The Bertz CT molecular complexity index is 652. The Hall–Kier alpha value is -1.45. The van der Waals surface area contributed by atoms with E-state index in [1.807, 2.05) is 12.3 Å². The summed E-state index contributed by atoms with van der Waals surface area (Å²) in [6, 6.07) is 0. The van der Waals surface area contributed by atoms with Crippen LogP contribution in [0.5, 0.6) is 0 Å². The highest BCUT2D eigenvalue weighted by Crippen LogP contribution is 2.26. The molecule has 0 aromatic carbocycles. The zero-order chi connectivity index (χ0) is 16.1. The minimum atomic E-state index is -0.0657. The molecule has 1 fully saturated rings. The Balaban J connectivity index is 1.36. The minimum Gasteiger partial charge on any atom is -0.368 e. The molecule has 0 saturated carbocycles. The number of carbonyl (C=O) groups is 1. The highest BCUT2D eigenvalue weighted by atomic mass is 32.2. The monoisotopic (exact) mass is 354 g/mol. The van der Waals surface area contributed by atoms with Gasteiger partial charge in [-0.15, -0.1) is 11.3 Å². The molecule has 0 bridgehead atoms. The quantitative estimate of drug-likeness (QED) is 0.762. The third-order valence-electron chi connectivity index (χ3n) is 3.28. The summed E-state index contributed by atoms with van der Waals surface area (Å²) in [5.41, 5.74) is 0.983. The van der Waals surface area contributed by atoms with Crippen molar-refractivity contribution in [3.8, 4) is 0 Å². The van der Waals surface area contributed by atoms with Crippen molar-refractivity contribution < 1.29 is 14.1 Å². The molecule has 0 spiro atoms. The number of carbonyl (C=O) groups excluding carboxylic acids is 1. The molecule has 1 amide bonds. The molecule has 1 atom stereocenters. The largest absolute Gasteiger partial charge is 0.368 e. The number of hydrogen-bond donors (Lipinski definition) is 1. The summed E-state index contributed by atoms with van der Waals surface area (Å²) in [5.74, 6) is 1.48. The molecule has 1 saturated heterocycles. The lowest BCUT2D eigenvalue weighted by atomic mass is 10.2. The highest BCUT2D eigenvalue weighted by Gasteiger charge is 2.23. The fourth-order valence-corrected chi connectivity index (χ4v) is 3.84. The first-order chi connectivity index (χ1) is 11.2. The zero-order valence-corrected chi connectivity index (χ0v) is 14.4. The SMILES string of the molecule is Cc1csc(SCC(=O)NCCc2noc(C3CCCO3)n2)n1. The van der Waals surface area contributed by atoms with Gasteiger partial charge in [0.05, 0.1) is 5.75 Å². The Morgan fingerprint density at radius 1 is 1.52 bits per heavy atom. The van der Waals surface area contributed by atoms with Crippen molar-refractivity contribution in [2.75, 3.05) is 18.9 Å². The van der Waals surface area contributed by atoms with Crippen molar-refractivity contribution >= 4 is 29.0 Å². The third-order valence-corrected chi connectivity index (χ3v) is 5.42. The van der Waals surface area contributed by atoms with E-state index in [0.29, 0.717) is 30.4 Å². The first kappa shape index (κ1) is 16.4. The van der Waals surface area contributed by atoms with Gasteiger partial charge in [-0.2, -0.15) is 4.98 Å². The van der Waals surface area contributed by atoms with E-state index in [0.717, 1.165) is 29.5 Å². The van der Waals surface area contributed by atoms with Gasteiger partial charge in [0.15, 0.2) is 10.2 Å². The van der Waals surface area contributed by atoms with Gasteiger partial charge in [0.2, 0.25) is 5.91 Å². The fraction of sp³-hybridized carbons (Fsp3) is 0.571. The maximum Gasteiger partial charge on any atom is 0.255 e. The molecule has 1 N–H and O–H groups in total. The van der Waals surface area contributed by atoms with E-state index in [1.165, 1.54) is 11.8 Å². The van der Waals surface area contributed by atoms with Crippen LogP contribution < -0.4 is 5.32 Å². The van der Waals surface area contributed by atoms with Gasteiger partial charge in [-0.25, -0.2) is 4.98 Å². The normalized spacial score (nSPS) is 17.5. The van der Waals surface area contributed by atoms with Crippen LogP contribution in [0.4, 0.5) is 0 Å². The molecule has 124 valence electrons. The van der Waals surface area contributed by atoms with Crippen molar-refractivity contribution in [2.24, 2.45) is 0 Å². The van der Waals surface area contributed by atoms with Gasteiger partial charge in [0.25, 0.3) is 5.89 Å². The van der Waals surface area contributed by atoms with Gasteiger partial charge in [0.1, 0.15) is 6.10 Å². The summed E-state index contributed by atoms with van der Waals surface area (Å²) in [4.78, 5) is 20.4. The van der Waals surface area contributed by atoms with Crippen LogP contribution in [0.25, 0.3) is 0 Å². The lowest BCUT2D eigenvalue weighted by Gasteiger charge is -2.02. The molecule has 0 radical (unpaired) electrons. The van der Waals surface area contributed by atoms with E-state index in [2.05, 4.69) is 20.4 Å². The topological polar surface area (TPSA) is 90.1 Å². The van der Waals surface area contributed by atoms with Crippen molar-refractivity contribution in [2.45, 2.75) is 36.6 Å². The number of ether oxygens (including phenoxy) is 1. The van der Waals surface area contributed by atoms with Crippen LogP contribution in [-0.2, 0) is 16.0 Å². The third kappa shape index (κ3) is 4.76. The Kier molecular flexibility index (Phi) is 5.63. The van der Waals surface area contributed by atoms with Crippen molar-refractivity contribution in [3.63, 3.8) is 0 Å². The van der Waals surface area contributed by atoms with Crippen molar-refractivity contribution in [1.82, 2.24) is 20.4 Å². The smallest absolute Gasteiger partial charge is 0.255 e. The van der Waals surface area contributed by atoms with Gasteiger partial charge in [-0.05, 0) is 19.8 Å². The molecule has 3 rings (SSSR count). The summed E-state index contributed by atoms with van der Waals surface area (Å²) in [5, 5.41) is 8.75. The standard InChI is InChI=1S/C14H18N4O3S2/c1-9-7-22-14(16-9)23-8-12(19)15-5-4-11-17-13(21-18-11)10-3-2-6-20-10/h7,10H,2-6,8H2,1H3,(H,15,19). The number of nitrogens with one attached hydrogen (secondary N) is 1. The van der Waals surface area contributed by atoms with E-state index in [4.69, 9.17) is 9.26 Å². The lowest BCUT2D eigenvalue weighted by Crippen LogP contribution is -2.27. The van der Waals surface area contributed by atoms with E-state index in [9.17, 15) is 4.79 Å². The Labute approximate surface area is 142 Å². The summed E-state index contributed by atoms with van der Waals surface area (Å²) < 4.78 is 11.6. The Morgan fingerprint density at radius 3 is 3.17 bits per heavy atom. The summed E-state index contributed by atoms with van der Waals surface area (Å²) in [6.07, 6.45) is 2.42. The molecule has 7 nitrogen and oxygen atoms in total. The van der Waals surface area contributed by atoms with Crippen LogP contribution in [0, 0.1) is 6.92 Å². The number of aromatic nitrogens is 3. The van der Waals surface area contributed by atoms with E-state index >= 15 is 0 Å². The lowest BCUT2D eigenvalue weighted by molar-refractivity contribution is -0.118. The van der Waals surface area contributed by atoms with Crippen molar-refractivity contribution in [3.05, 3.63) is 22.8 Å². The van der Waals surface area contributed by atoms with Crippen molar-refractivity contribution in [1.29, 1.82) is 0 Å². The molecule has 1 aliphatic heterocycles. The molecule has 1 aliphatic rings. The zero-order valence-electron chi connectivity index (χ0n) is 12.8. The maximum atomic E-state index is 11.8. The predicted octanol–water partition coefficient (Wildman–Crippen LogP) is 2.14. The molecule has 1 unspecified atom stereocenters. The fourth-order valence-electron chi connectivity index (χ4n) is 2.16. The van der Waals surface area contributed by atoms with Crippen LogP contribution in [0.3, 0.4) is 0 Å². The minimum absolute atomic E-state index is 0.0225. The second kappa shape index (κ2) is 7.89. The molecule has 3 heterocycles. The molecule has 23 heavy (non-hydrogen) atoms. The average molecular weight is 354 g/mol. The number of aryl methyl sites for hydroxylation is 1. The van der Waals surface area contributed by atoms with Crippen LogP contribution in [0.1, 0.15) is 36.4 Å². The number of nitrogens with zero attached hydrogens (tertiary/aromatic N) is 3. The first-order valence-corrected chi connectivity index (χ1v) is 9.33. The number of rotatable bonds is 7. The van der Waals surface area contributed by atoms with Gasteiger partial charge in [-0.1, -0.05) is 16.9 Å². The van der Waals surface area contributed by atoms with E-state index in [1.54, 1.807) is 11.3 Å². The second-order valence-corrected chi connectivity index (χ2v) is 7.27.